The van der Waals surface area contributed by atoms with E-state index in [1.807, 2.05) is 0 Å². The van der Waals surface area contributed by atoms with E-state index in [9.17, 15) is 9.59 Å². The fourth-order valence-electron chi connectivity index (χ4n) is 1.13. The summed E-state index contributed by atoms with van der Waals surface area (Å²) in [5.74, 6) is -1.37. The zero-order chi connectivity index (χ0) is 12.7. The first-order valence-corrected chi connectivity index (χ1v) is 4.95. The highest BCUT2D eigenvalue weighted by atomic mass is 16.5. The molecule has 0 fully saturated rings. The number of anilines is 1. The molecule has 0 radical (unpaired) electrons. The predicted octanol–water partition coefficient (Wildman–Crippen LogP) is 1.53. The van der Waals surface area contributed by atoms with Crippen LogP contribution in [0.15, 0.2) is 36.4 Å². The molecule has 0 bridgehead atoms. The van der Waals surface area contributed by atoms with Crippen molar-refractivity contribution in [2.45, 2.75) is 0 Å². The van der Waals surface area contributed by atoms with Gasteiger partial charge in [0.15, 0.2) is 0 Å². The highest BCUT2D eigenvalue weighted by Crippen LogP contribution is 2.08. The summed E-state index contributed by atoms with van der Waals surface area (Å²) in [6.45, 7) is 0.460. The van der Waals surface area contributed by atoms with Gasteiger partial charge in [0.05, 0.1) is 12.7 Å². The van der Waals surface area contributed by atoms with Gasteiger partial charge >= 0.3 is 11.9 Å². The normalized spacial score (nSPS) is 10.2. The minimum absolute atomic E-state index is 0.237. The smallest absolute Gasteiger partial charge is 0.335 e. The second-order valence-electron chi connectivity index (χ2n) is 3.19. The van der Waals surface area contributed by atoms with Crippen LogP contribution in [0.25, 0.3) is 0 Å². The molecule has 0 aromatic heterocycles. The highest BCUT2D eigenvalue weighted by Gasteiger charge is 2.00. The monoisotopic (exact) mass is 235 g/mol. The Balaban J connectivity index is 2.45. The van der Waals surface area contributed by atoms with E-state index in [1.165, 1.54) is 25.3 Å². The highest BCUT2D eigenvalue weighted by molar-refractivity contribution is 5.88. The van der Waals surface area contributed by atoms with Crippen LogP contribution in [0.2, 0.25) is 0 Å². The minimum atomic E-state index is -0.956. The molecule has 5 heteroatoms. The van der Waals surface area contributed by atoms with Crippen molar-refractivity contribution in [1.82, 2.24) is 0 Å². The van der Waals surface area contributed by atoms with E-state index in [2.05, 4.69) is 10.1 Å². The lowest BCUT2D eigenvalue weighted by molar-refractivity contribution is -0.134. The molecular weight excluding hydrogens is 222 g/mol. The van der Waals surface area contributed by atoms with Gasteiger partial charge in [0, 0.05) is 18.3 Å². The van der Waals surface area contributed by atoms with Gasteiger partial charge in [-0.05, 0) is 24.3 Å². The number of ether oxygens (including phenoxy) is 1. The molecule has 1 aromatic carbocycles. The Labute approximate surface area is 98.7 Å². The van der Waals surface area contributed by atoms with Crippen molar-refractivity contribution in [3.63, 3.8) is 0 Å². The number of carboxylic acid groups (broad SMARTS) is 1. The Morgan fingerprint density at radius 2 is 2.00 bits per heavy atom. The van der Waals surface area contributed by atoms with E-state index in [-0.39, 0.29) is 5.56 Å². The molecule has 5 nitrogen and oxygen atoms in total. The number of methoxy groups -OCH3 is 1. The number of hydrogen-bond acceptors (Lipinski definition) is 4. The molecule has 0 saturated heterocycles. The zero-order valence-electron chi connectivity index (χ0n) is 9.34. The Kier molecular flexibility index (Phi) is 4.75. The van der Waals surface area contributed by atoms with Gasteiger partial charge in [-0.3, -0.25) is 0 Å². The van der Waals surface area contributed by atoms with Gasteiger partial charge < -0.3 is 15.2 Å². The van der Waals surface area contributed by atoms with E-state index < -0.39 is 11.9 Å². The molecule has 2 N–H and O–H groups in total. The van der Waals surface area contributed by atoms with Crippen molar-refractivity contribution >= 4 is 17.6 Å². The van der Waals surface area contributed by atoms with E-state index in [4.69, 9.17) is 5.11 Å². The van der Waals surface area contributed by atoms with Crippen LogP contribution in [-0.2, 0) is 9.53 Å². The van der Waals surface area contributed by atoms with Crippen LogP contribution in [0.4, 0.5) is 5.69 Å². The number of aromatic carboxylic acids is 1. The SMILES string of the molecule is COC(=O)C=CCNc1ccc(C(=O)O)cc1. The van der Waals surface area contributed by atoms with Gasteiger partial charge in [0.1, 0.15) is 0 Å². The fraction of sp³-hybridized carbons (Fsp3) is 0.167. The fourth-order valence-corrected chi connectivity index (χ4v) is 1.13. The molecule has 90 valence electrons. The first-order chi connectivity index (χ1) is 8.13. The lowest BCUT2D eigenvalue weighted by Gasteiger charge is -2.03. The summed E-state index contributed by atoms with van der Waals surface area (Å²) in [7, 11) is 1.31. The molecule has 0 aliphatic carbocycles. The Hall–Kier alpha value is -2.30. The number of esters is 1. The van der Waals surface area contributed by atoms with Crippen LogP contribution in [0.5, 0.6) is 0 Å². The molecule has 0 heterocycles. The second-order valence-corrected chi connectivity index (χ2v) is 3.19. The number of carboxylic acids is 1. The number of carbonyl (C=O) groups is 2. The molecule has 0 aliphatic rings. The maximum absolute atomic E-state index is 10.7. The summed E-state index contributed by atoms with van der Waals surface area (Å²) in [6.07, 6.45) is 2.94. The second kappa shape index (κ2) is 6.32. The standard InChI is InChI=1S/C12H13NO4/c1-17-11(14)3-2-8-13-10-6-4-9(5-7-10)12(15)16/h2-7,13H,8H2,1H3,(H,15,16). The summed E-state index contributed by atoms with van der Waals surface area (Å²) >= 11 is 0. The average molecular weight is 235 g/mol. The summed E-state index contributed by atoms with van der Waals surface area (Å²) in [5, 5.41) is 11.7. The van der Waals surface area contributed by atoms with Crippen LogP contribution >= 0.6 is 0 Å². The number of rotatable bonds is 5. The maximum Gasteiger partial charge on any atom is 0.335 e. The van der Waals surface area contributed by atoms with E-state index in [0.29, 0.717) is 6.54 Å². The molecule has 0 unspecified atom stereocenters. The van der Waals surface area contributed by atoms with Gasteiger partial charge in [-0.1, -0.05) is 6.08 Å². The molecule has 17 heavy (non-hydrogen) atoms. The third-order valence-electron chi connectivity index (χ3n) is 2.01. The van der Waals surface area contributed by atoms with Crippen LogP contribution in [0, 0.1) is 0 Å². The van der Waals surface area contributed by atoms with Crippen LogP contribution in [0.3, 0.4) is 0 Å². The van der Waals surface area contributed by atoms with Crippen molar-refractivity contribution in [3.05, 3.63) is 42.0 Å². The molecule has 0 atom stereocenters. The largest absolute Gasteiger partial charge is 0.478 e. The molecule has 0 saturated carbocycles. The number of carbonyl (C=O) groups excluding carboxylic acids is 1. The molecule has 0 amide bonds. The van der Waals surface area contributed by atoms with Crippen LogP contribution in [0.1, 0.15) is 10.4 Å². The van der Waals surface area contributed by atoms with E-state index >= 15 is 0 Å². The van der Waals surface area contributed by atoms with Crippen molar-refractivity contribution in [2.75, 3.05) is 19.0 Å². The van der Waals surface area contributed by atoms with Crippen LogP contribution in [-0.4, -0.2) is 30.7 Å². The maximum atomic E-state index is 10.7. The predicted molar refractivity (Wildman–Crippen MR) is 63.0 cm³/mol. The van der Waals surface area contributed by atoms with Gasteiger partial charge in [-0.25, -0.2) is 9.59 Å². The minimum Gasteiger partial charge on any atom is -0.478 e. The topological polar surface area (TPSA) is 75.6 Å². The van der Waals surface area contributed by atoms with Gasteiger partial charge in [0.25, 0.3) is 0 Å². The van der Waals surface area contributed by atoms with Crippen molar-refractivity contribution in [1.29, 1.82) is 0 Å². The summed E-state index contributed by atoms with van der Waals surface area (Å²) in [4.78, 5) is 21.3. The van der Waals surface area contributed by atoms with Crippen molar-refractivity contribution < 1.29 is 19.4 Å². The number of nitrogens with one attached hydrogen (secondary N) is 1. The molecule has 0 aliphatic heterocycles. The lowest BCUT2D eigenvalue weighted by atomic mass is 10.2. The van der Waals surface area contributed by atoms with Crippen molar-refractivity contribution in [2.24, 2.45) is 0 Å². The van der Waals surface area contributed by atoms with Crippen molar-refractivity contribution in [3.8, 4) is 0 Å². The Morgan fingerprint density at radius 3 is 2.53 bits per heavy atom. The molecule has 1 aromatic rings. The van der Waals surface area contributed by atoms with E-state index in [0.717, 1.165) is 5.69 Å². The van der Waals surface area contributed by atoms with Gasteiger partial charge in [-0.2, -0.15) is 0 Å². The first kappa shape index (κ1) is 12.8. The zero-order valence-corrected chi connectivity index (χ0v) is 9.34. The van der Waals surface area contributed by atoms with Gasteiger partial charge in [0.2, 0.25) is 0 Å². The molecular formula is C12H13NO4. The first-order valence-electron chi connectivity index (χ1n) is 4.95. The number of benzene rings is 1. The summed E-state index contributed by atoms with van der Waals surface area (Å²) in [6, 6.07) is 6.34. The third kappa shape index (κ3) is 4.38. The van der Waals surface area contributed by atoms with Crippen LogP contribution < -0.4 is 5.32 Å². The van der Waals surface area contributed by atoms with Gasteiger partial charge in [-0.15, -0.1) is 0 Å². The third-order valence-corrected chi connectivity index (χ3v) is 2.01. The Morgan fingerprint density at radius 1 is 1.35 bits per heavy atom. The summed E-state index contributed by atoms with van der Waals surface area (Å²) < 4.78 is 4.43. The number of hydrogen-bond donors (Lipinski definition) is 2. The lowest BCUT2D eigenvalue weighted by Crippen LogP contribution is -2.01. The summed E-state index contributed by atoms with van der Waals surface area (Å²) in [5.41, 5.74) is 1.02. The molecule has 1 rings (SSSR count). The molecule has 0 spiro atoms. The Bertz CT molecular complexity index is 423. The quantitative estimate of drug-likeness (QED) is 0.598. The van der Waals surface area contributed by atoms with E-state index in [1.54, 1.807) is 18.2 Å². The average Bonchev–Trinajstić information content (AvgIpc) is 2.34.